The van der Waals surface area contributed by atoms with Crippen molar-refractivity contribution in [2.75, 3.05) is 18.1 Å². The molecular formula is C26H23ClN2O3S. The highest BCUT2D eigenvalue weighted by molar-refractivity contribution is 7.99. The molecule has 1 atom stereocenters. The zero-order chi connectivity index (χ0) is 22.8. The lowest BCUT2D eigenvalue weighted by Crippen LogP contribution is -2.33. The summed E-state index contributed by atoms with van der Waals surface area (Å²) in [5, 5.41) is 3.59. The fourth-order valence-electron chi connectivity index (χ4n) is 4.15. The lowest BCUT2D eigenvalue weighted by molar-refractivity contribution is 0.0857. The van der Waals surface area contributed by atoms with Crippen LogP contribution in [0.4, 0.5) is 5.69 Å². The van der Waals surface area contributed by atoms with Gasteiger partial charge in [0.2, 0.25) is 0 Å². The monoisotopic (exact) mass is 478 g/mol. The molecule has 0 radical (unpaired) electrons. The molecule has 3 aromatic rings. The van der Waals surface area contributed by atoms with E-state index in [0.717, 1.165) is 34.8 Å². The number of rotatable bonds is 5. The molecule has 0 spiro atoms. The van der Waals surface area contributed by atoms with Gasteiger partial charge in [-0.2, -0.15) is 0 Å². The third-order valence-corrected chi connectivity index (χ3v) is 7.21. The van der Waals surface area contributed by atoms with E-state index in [9.17, 15) is 9.59 Å². The highest BCUT2D eigenvalue weighted by Gasteiger charge is 2.28. The Balaban J connectivity index is 1.49. The van der Waals surface area contributed by atoms with Crippen molar-refractivity contribution in [2.24, 2.45) is 0 Å². The number of carbonyl (C=O) groups excluding carboxylic acids is 2. The Labute approximate surface area is 202 Å². The lowest BCUT2D eigenvalue weighted by Gasteiger charge is -2.24. The summed E-state index contributed by atoms with van der Waals surface area (Å²) in [5.41, 5.74) is 2.79. The van der Waals surface area contributed by atoms with Crippen LogP contribution in [0, 0.1) is 0 Å². The molecule has 2 aliphatic heterocycles. The average molecular weight is 479 g/mol. The van der Waals surface area contributed by atoms with E-state index < -0.39 is 0 Å². The van der Waals surface area contributed by atoms with Crippen LogP contribution in [0.2, 0.25) is 5.02 Å². The minimum atomic E-state index is -0.171. The lowest BCUT2D eigenvalue weighted by atomic mass is 10.1. The summed E-state index contributed by atoms with van der Waals surface area (Å²) in [6.07, 6.45) is 2.06. The van der Waals surface area contributed by atoms with Gasteiger partial charge >= 0.3 is 0 Å². The Morgan fingerprint density at radius 3 is 2.79 bits per heavy atom. The van der Waals surface area contributed by atoms with Crippen molar-refractivity contribution < 1.29 is 14.3 Å². The largest absolute Gasteiger partial charge is 0.376 e. The molecule has 0 aromatic heterocycles. The van der Waals surface area contributed by atoms with Crippen molar-refractivity contribution in [3.63, 3.8) is 0 Å². The van der Waals surface area contributed by atoms with E-state index in [0.29, 0.717) is 34.9 Å². The number of nitrogens with zero attached hydrogens (tertiary/aromatic N) is 1. The average Bonchev–Trinajstić information content (AvgIpc) is 3.31. The molecule has 2 heterocycles. The summed E-state index contributed by atoms with van der Waals surface area (Å²) >= 11 is 7.74. The van der Waals surface area contributed by atoms with Gasteiger partial charge in [0.25, 0.3) is 11.8 Å². The van der Waals surface area contributed by atoms with Gasteiger partial charge in [0, 0.05) is 33.5 Å². The smallest absolute Gasteiger partial charge is 0.259 e. The zero-order valence-electron chi connectivity index (χ0n) is 17.9. The highest BCUT2D eigenvalue weighted by atomic mass is 35.5. The first kappa shape index (κ1) is 22.0. The van der Waals surface area contributed by atoms with E-state index in [-0.39, 0.29) is 17.9 Å². The van der Waals surface area contributed by atoms with Crippen LogP contribution in [0.15, 0.2) is 76.5 Å². The fraction of sp³-hybridized carbons (Fsp3) is 0.231. The molecular weight excluding hydrogens is 456 g/mol. The summed E-state index contributed by atoms with van der Waals surface area (Å²) in [4.78, 5) is 30.1. The van der Waals surface area contributed by atoms with Crippen LogP contribution in [-0.2, 0) is 11.3 Å². The van der Waals surface area contributed by atoms with Crippen LogP contribution in [0.3, 0.4) is 0 Å². The second-order valence-corrected chi connectivity index (χ2v) is 9.67. The highest BCUT2D eigenvalue weighted by Crippen LogP contribution is 2.42. The molecule has 33 heavy (non-hydrogen) atoms. The number of benzene rings is 3. The van der Waals surface area contributed by atoms with Crippen LogP contribution in [0.25, 0.3) is 0 Å². The number of ether oxygens (including phenoxy) is 1. The van der Waals surface area contributed by atoms with Crippen LogP contribution in [0.1, 0.15) is 39.1 Å². The Morgan fingerprint density at radius 1 is 1.09 bits per heavy atom. The molecule has 1 N–H and O–H groups in total. The van der Waals surface area contributed by atoms with E-state index in [1.165, 1.54) is 11.8 Å². The summed E-state index contributed by atoms with van der Waals surface area (Å²) in [5.74, 6) is -0.274. The predicted molar refractivity (Wildman–Crippen MR) is 130 cm³/mol. The fourth-order valence-corrected chi connectivity index (χ4v) is 5.42. The van der Waals surface area contributed by atoms with Gasteiger partial charge in [-0.25, -0.2) is 0 Å². The Hall–Kier alpha value is -2.80. The Bertz CT molecular complexity index is 1210. The van der Waals surface area contributed by atoms with E-state index >= 15 is 0 Å². The van der Waals surface area contributed by atoms with Crippen LogP contribution in [-0.4, -0.2) is 31.1 Å². The normalized spacial score (nSPS) is 17.3. The number of hydrogen-bond donors (Lipinski definition) is 1. The van der Waals surface area contributed by atoms with Gasteiger partial charge in [-0.1, -0.05) is 47.6 Å². The molecule has 0 aliphatic carbocycles. The summed E-state index contributed by atoms with van der Waals surface area (Å²) in [6.45, 7) is 1.58. The number of nitrogens with one attached hydrogen (secondary N) is 1. The minimum absolute atomic E-state index is 0.0701. The first-order valence-corrected chi connectivity index (χ1v) is 12.1. The van der Waals surface area contributed by atoms with Gasteiger partial charge in [-0.15, -0.1) is 0 Å². The molecule has 168 valence electrons. The molecule has 7 heteroatoms. The van der Waals surface area contributed by atoms with Gasteiger partial charge in [-0.05, 0) is 60.9 Å². The molecule has 5 rings (SSSR count). The van der Waals surface area contributed by atoms with Gasteiger partial charge in [-0.3, -0.25) is 9.59 Å². The Morgan fingerprint density at radius 2 is 1.97 bits per heavy atom. The summed E-state index contributed by atoms with van der Waals surface area (Å²) < 4.78 is 5.61. The van der Waals surface area contributed by atoms with Crippen molar-refractivity contribution in [3.05, 3.63) is 88.4 Å². The number of amides is 2. The van der Waals surface area contributed by atoms with Gasteiger partial charge in [0.05, 0.1) is 23.9 Å². The second-order valence-electron chi connectivity index (χ2n) is 8.15. The van der Waals surface area contributed by atoms with Crippen molar-refractivity contribution >= 4 is 40.9 Å². The maximum absolute atomic E-state index is 13.6. The minimum Gasteiger partial charge on any atom is -0.376 e. The summed E-state index contributed by atoms with van der Waals surface area (Å²) in [6, 6.07) is 20.6. The summed E-state index contributed by atoms with van der Waals surface area (Å²) in [7, 11) is 0. The first-order chi connectivity index (χ1) is 16.1. The second kappa shape index (κ2) is 9.59. The van der Waals surface area contributed by atoms with Gasteiger partial charge in [0.1, 0.15) is 0 Å². The van der Waals surface area contributed by atoms with Crippen molar-refractivity contribution in [2.45, 2.75) is 35.3 Å². The standard InChI is InChI=1S/C26H23ClN2O3S/c27-19-6-3-5-17(13-19)16-29-22-14-18(25(30)28-15-20-7-4-12-32-20)10-11-24(22)33-23-9-2-1-8-21(23)26(29)31/h1-3,5-6,8-11,13-14,20H,4,7,12,15-16H2,(H,28,30). The van der Waals surface area contributed by atoms with Crippen LogP contribution in [0.5, 0.6) is 0 Å². The molecule has 3 aromatic carbocycles. The maximum Gasteiger partial charge on any atom is 0.259 e. The number of hydrogen-bond acceptors (Lipinski definition) is 4. The predicted octanol–water partition coefficient (Wildman–Crippen LogP) is 5.56. The van der Waals surface area contributed by atoms with Crippen molar-refractivity contribution in [3.8, 4) is 0 Å². The van der Waals surface area contributed by atoms with Gasteiger partial charge < -0.3 is 15.0 Å². The first-order valence-electron chi connectivity index (χ1n) is 11.0. The number of carbonyl (C=O) groups is 2. The maximum atomic E-state index is 13.6. The van der Waals surface area contributed by atoms with E-state index in [4.69, 9.17) is 16.3 Å². The number of halogens is 1. The van der Waals surface area contributed by atoms with Gasteiger partial charge in [0.15, 0.2) is 0 Å². The molecule has 2 aliphatic rings. The molecule has 1 unspecified atom stereocenters. The topological polar surface area (TPSA) is 58.6 Å². The number of anilines is 1. The molecule has 1 fully saturated rings. The number of fused-ring (bicyclic) bond motifs is 2. The molecule has 0 bridgehead atoms. The third-order valence-electron chi connectivity index (χ3n) is 5.84. The molecule has 5 nitrogen and oxygen atoms in total. The van der Waals surface area contributed by atoms with Crippen LogP contribution < -0.4 is 10.2 Å². The third kappa shape index (κ3) is 4.78. The molecule has 2 amide bonds. The molecule has 1 saturated heterocycles. The SMILES string of the molecule is O=C(NCC1CCCO1)c1ccc2c(c1)N(Cc1cccc(Cl)c1)C(=O)c1ccccc1S2. The quantitative estimate of drug-likeness (QED) is 0.521. The van der Waals surface area contributed by atoms with Crippen molar-refractivity contribution in [1.29, 1.82) is 0 Å². The molecule has 0 saturated carbocycles. The zero-order valence-corrected chi connectivity index (χ0v) is 19.5. The van der Waals surface area contributed by atoms with E-state index in [1.807, 2.05) is 66.7 Å². The van der Waals surface area contributed by atoms with Crippen LogP contribution >= 0.6 is 23.4 Å². The van der Waals surface area contributed by atoms with E-state index in [1.54, 1.807) is 4.90 Å². The Kier molecular flexibility index (Phi) is 6.40. The van der Waals surface area contributed by atoms with Crippen molar-refractivity contribution in [1.82, 2.24) is 5.32 Å². The van der Waals surface area contributed by atoms with E-state index in [2.05, 4.69) is 5.32 Å².